The molecule has 1 rings (SSSR count). The Morgan fingerprint density at radius 1 is 0.875 bits per heavy atom. The Bertz CT molecular complexity index is 564. The van der Waals surface area contributed by atoms with Gasteiger partial charge in [-0.25, -0.2) is 0 Å². The van der Waals surface area contributed by atoms with Crippen molar-refractivity contribution in [3.05, 3.63) is 0 Å². The summed E-state index contributed by atoms with van der Waals surface area (Å²) in [5.41, 5.74) is 0. The molecule has 0 saturated heterocycles. The smallest absolute Gasteiger partial charge is 0.198 e. The van der Waals surface area contributed by atoms with E-state index >= 15 is 0 Å². The van der Waals surface area contributed by atoms with Crippen LogP contribution >= 0.6 is 0 Å². The Morgan fingerprint density at radius 3 is 1.96 bits per heavy atom. The van der Waals surface area contributed by atoms with Crippen molar-refractivity contribution >= 4 is 20.2 Å². The maximum absolute atomic E-state index is 12.0. The fraction of sp³-hybridized carbons (Fsp3) is 1.00. The fourth-order valence-corrected chi connectivity index (χ4v) is 5.97. The molecule has 0 aromatic rings. The van der Waals surface area contributed by atoms with Gasteiger partial charge in [0.05, 0.1) is 10.5 Å². The molecule has 0 heterocycles. The second kappa shape index (κ2) is 10.0. The van der Waals surface area contributed by atoms with Crippen LogP contribution in [-0.2, 0) is 28.8 Å². The predicted octanol–water partition coefficient (Wildman–Crippen LogP) is 1.71. The van der Waals surface area contributed by atoms with Crippen LogP contribution in [0.3, 0.4) is 0 Å². The number of hydrogen-bond donors (Lipinski definition) is 2. The predicted molar refractivity (Wildman–Crippen MR) is 91.3 cm³/mol. The van der Waals surface area contributed by atoms with Gasteiger partial charge in [0, 0.05) is 0 Å². The van der Waals surface area contributed by atoms with E-state index in [1.54, 1.807) is 6.92 Å². The highest BCUT2D eigenvalue weighted by molar-refractivity contribution is 7.87. The van der Waals surface area contributed by atoms with Gasteiger partial charge in [-0.05, 0) is 38.0 Å². The molecule has 0 amide bonds. The topological polar surface area (TPSA) is 139 Å². The molecule has 8 nitrogen and oxygen atoms in total. The first-order chi connectivity index (χ1) is 11.3. The summed E-state index contributed by atoms with van der Waals surface area (Å²) in [7, 11) is -7.56. The van der Waals surface area contributed by atoms with E-state index in [9.17, 15) is 16.8 Å². The van der Waals surface area contributed by atoms with E-state index in [1.165, 1.54) is 0 Å². The average Bonchev–Trinajstić information content (AvgIpc) is 2.60. The molecule has 1 aliphatic rings. The van der Waals surface area contributed by atoms with E-state index in [0.29, 0.717) is 32.1 Å². The zero-order valence-electron chi connectivity index (χ0n) is 14.2. The summed E-state index contributed by atoms with van der Waals surface area (Å²) in [5.74, 6) is 9.75. The lowest BCUT2D eigenvalue weighted by atomic mass is 9.91. The maximum Gasteiger partial charge on any atom is 0.286 e. The summed E-state index contributed by atoms with van der Waals surface area (Å²) in [6, 6.07) is 0. The van der Waals surface area contributed by atoms with Crippen molar-refractivity contribution < 1.29 is 25.4 Å². The molecule has 1 fully saturated rings. The summed E-state index contributed by atoms with van der Waals surface area (Å²) >= 11 is 0. The molecular formula is C14H30N2O6S2. The van der Waals surface area contributed by atoms with Gasteiger partial charge < -0.3 is 0 Å². The SMILES string of the molecule is CCC(C1CCCCCCC(S(=O)(=O)ON)CCC1)S(=O)(=O)ON. The van der Waals surface area contributed by atoms with Gasteiger partial charge in [0.2, 0.25) is 0 Å². The van der Waals surface area contributed by atoms with Crippen molar-refractivity contribution in [3.63, 3.8) is 0 Å². The van der Waals surface area contributed by atoms with Gasteiger partial charge in [0.15, 0.2) is 0 Å². The third-order valence-corrected chi connectivity index (χ3v) is 8.21. The van der Waals surface area contributed by atoms with Gasteiger partial charge in [0.1, 0.15) is 0 Å². The molecule has 0 aromatic carbocycles. The van der Waals surface area contributed by atoms with Crippen LogP contribution in [0, 0.1) is 5.92 Å². The number of hydrogen-bond acceptors (Lipinski definition) is 8. The fourth-order valence-electron chi connectivity index (χ4n) is 3.61. The molecule has 3 atom stereocenters. The standard InChI is InChI=1S/C14H30N2O6S2/c1-2-14(24(19,20)22-16)12-8-5-3-4-6-10-13(11-7-9-12)23(17,18)21-15/h12-14H,2-11,15-16H2,1H3. The third-order valence-electron chi connectivity index (χ3n) is 4.93. The Balaban J connectivity index is 2.87. The van der Waals surface area contributed by atoms with Crippen LogP contribution < -0.4 is 11.8 Å². The number of nitrogens with two attached hydrogens (primary N) is 2. The molecule has 144 valence electrons. The zero-order valence-corrected chi connectivity index (χ0v) is 15.9. The molecule has 10 heteroatoms. The van der Waals surface area contributed by atoms with Crippen molar-refractivity contribution in [1.82, 2.24) is 0 Å². The maximum atomic E-state index is 12.0. The highest BCUT2D eigenvalue weighted by Gasteiger charge is 2.33. The van der Waals surface area contributed by atoms with Crippen LogP contribution in [0.25, 0.3) is 0 Å². The van der Waals surface area contributed by atoms with E-state index in [4.69, 9.17) is 11.8 Å². The van der Waals surface area contributed by atoms with Crippen molar-refractivity contribution in [2.45, 2.75) is 81.6 Å². The molecule has 1 saturated carbocycles. The number of rotatable bonds is 6. The van der Waals surface area contributed by atoms with Crippen LogP contribution in [0.4, 0.5) is 0 Å². The lowest BCUT2D eigenvalue weighted by molar-refractivity contribution is 0.297. The Morgan fingerprint density at radius 2 is 1.42 bits per heavy atom. The summed E-state index contributed by atoms with van der Waals surface area (Å²) in [6.45, 7) is 1.79. The van der Waals surface area contributed by atoms with Crippen LogP contribution in [-0.4, -0.2) is 27.3 Å². The van der Waals surface area contributed by atoms with Crippen molar-refractivity contribution in [3.8, 4) is 0 Å². The van der Waals surface area contributed by atoms with Gasteiger partial charge >= 0.3 is 0 Å². The third kappa shape index (κ3) is 6.23. The minimum absolute atomic E-state index is 0.0937. The van der Waals surface area contributed by atoms with E-state index in [-0.39, 0.29) is 5.92 Å². The second-order valence-corrected chi connectivity index (χ2v) is 10.1. The Labute approximate surface area is 145 Å². The molecule has 0 radical (unpaired) electrons. The first-order valence-corrected chi connectivity index (χ1v) is 11.5. The molecule has 24 heavy (non-hydrogen) atoms. The lowest BCUT2D eigenvalue weighted by Crippen LogP contribution is -2.33. The molecule has 1 aliphatic carbocycles. The van der Waals surface area contributed by atoms with E-state index < -0.39 is 30.7 Å². The van der Waals surface area contributed by atoms with E-state index in [0.717, 1.165) is 32.1 Å². The minimum atomic E-state index is -3.80. The van der Waals surface area contributed by atoms with Crippen LogP contribution in [0.1, 0.15) is 71.1 Å². The molecule has 0 spiro atoms. The van der Waals surface area contributed by atoms with Gasteiger partial charge in [-0.3, -0.25) is 0 Å². The highest BCUT2D eigenvalue weighted by Crippen LogP contribution is 2.30. The average molecular weight is 387 g/mol. The van der Waals surface area contributed by atoms with Gasteiger partial charge in [-0.2, -0.15) is 37.2 Å². The monoisotopic (exact) mass is 386 g/mol. The molecule has 0 aliphatic heterocycles. The summed E-state index contributed by atoms with van der Waals surface area (Å²) in [5, 5.41) is -1.30. The summed E-state index contributed by atoms with van der Waals surface area (Å²) in [6.07, 6.45) is 6.86. The second-order valence-electron chi connectivity index (χ2n) is 6.43. The summed E-state index contributed by atoms with van der Waals surface area (Å²) in [4.78, 5) is 0. The molecule has 3 unspecified atom stereocenters. The molecule has 0 aromatic heterocycles. The van der Waals surface area contributed by atoms with E-state index in [2.05, 4.69) is 8.57 Å². The minimum Gasteiger partial charge on any atom is -0.198 e. The first-order valence-electron chi connectivity index (χ1n) is 8.52. The molecular weight excluding hydrogens is 356 g/mol. The van der Waals surface area contributed by atoms with Crippen molar-refractivity contribution in [2.75, 3.05) is 0 Å². The zero-order chi connectivity index (χ0) is 18.2. The molecule has 4 N–H and O–H groups in total. The van der Waals surface area contributed by atoms with Gasteiger partial charge in [0.25, 0.3) is 20.2 Å². The lowest BCUT2D eigenvalue weighted by Gasteiger charge is -2.25. The van der Waals surface area contributed by atoms with Crippen molar-refractivity contribution in [2.24, 2.45) is 17.7 Å². The molecule has 0 bridgehead atoms. The largest absolute Gasteiger partial charge is 0.286 e. The normalized spacial score (nSPS) is 26.5. The summed E-state index contributed by atoms with van der Waals surface area (Å²) < 4.78 is 56.3. The van der Waals surface area contributed by atoms with Crippen molar-refractivity contribution in [1.29, 1.82) is 0 Å². The Hall–Kier alpha value is -0.260. The highest BCUT2D eigenvalue weighted by atomic mass is 32.2. The Kier molecular flexibility index (Phi) is 9.10. The van der Waals surface area contributed by atoms with Crippen LogP contribution in [0.15, 0.2) is 0 Å². The van der Waals surface area contributed by atoms with Gasteiger partial charge in [-0.15, -0.1) is 0 Å². The van der Waals surface area contributed by atoms with Crippen LogP contribution in [0.5, 0.6) is 0 Å². The van der Waals surface area contributed by atoms with Gasteiger partial charge in [-0.1, -0.05) is 39.0 Å². The van der Waals surface area contributed by atoms with E-state index in [1.807, 2.05) is 0 Å². The van der Waals surface area contributed by atoms with Crippen LogP contribution in [0.2, 0.25) is 0 Å². The quantitative estimate of drug-likeness (QED) is 0.658. The first kappa shape index (κ1) is 21.8.